The fourth-order valence-electron chi connectivity index (χ4n) is 3.14. The van der Waals surface area contributed by atoms with Crippen LogP contribution in [0, 0.1) is 6.92 Å². The van der Waals surface area contributed by atoms with Crippen LogP contribution in [0.25, 0.3) is 17.2 Å². The molecular formula is C24H22BrNO4S. The highest BCUT2D eigenvalue weighted by atomic mass is 79.9. The Morgan fingerprint density at radius 2 is 1.90 bits per heavy atom. The van der Waals surface area contributed by atoms with Crippen LogP contribution in [-0.2, 0) is 9.53 Å². The van der Waals surface area contributed by atoms with Crippen LogP contribution < -0.4 is 10.1 Å². The third-order valence-corrected chi connectivity index (χ3v) is 5.98. The maximum atomic E-state index is 12.7. The Kier molecular flexibility index (Phi) is 7.65. The number of anilines is 1. The first kappa shape index (κ1) is 22.8. The first-order valence-electron chi connectivity index (χ1n) is 9.63. The second kappa shape index (κ2) is 10.4. The summed E-state index contributed by atoms with van der Waals surface area (Å²) in [5.74, 6) is -0.162. The van der Waals surface area contributed by atoms with Gasteiger partial charge in [-0.3, -0.25) is 4.79 Å². The quantitative estimate of drug-likeness (QED) is 0.305. The van der Waals surface area contributed by atoms with Gasteiger partial charge < -0.3 is 14.8 Å². The van der Waals surface area contributed by atoms with Gasteiger partial charge >= 0.3 is 5.97 Å². The van der Waals surface area contributed by atoms with E-state index in [1.165, 1.54) is 17.4 Å². The lowest BCUT2D eigenvalue weighted by Crippen LogP contribution is -2.12. The summed E-state index contributed by atoms with van der Waals surface area (Å²) in [5.41, 5.74) is 2.80. The summed E-state index contributed by atoms with van der Waals surface area (Å²) in [6.07, 6.45) is 3.08. The molecule has 1 heterocycles. The molecule has 160 valence electrons. The number of thiophene rings is 1. The van der Waals surface area contributed by atoms with Crippen molar-refractivity contribution in [1.82, 2.24) is 0 Å². The number of esters is 1. The molecule has 0 saturated heterocycles. The maximum Gasteiger partial charge on any atom is 0.341 e. The van der Waals surface area contributed by atoms with E-state index in [1.807, 2.05) is 55.5 Å². The van der Waals surface area contributed by atoms with Crippen LogP contribution in [-0.4, -0.2) is 25.6 Å². The standard InChI is InChI=1S/C24H22BrNO4S/c1-4-30-24(28)22-21(16-8-6-5-7-9-16)15(2)31-23(22)26-20(27)13-10-17-14-18(25)11-12-19(17)29-3/h5-14H,4H2,1-3H3,(H,26,27)/b13-10+. The number of methoxy groups -OCH3 is 1. The highest BCUT2D eigenvalue weighted by Crippen LogP contribution is 2.40. The zero-order valence-corrected chi connectivity index (χ0v) is 19.8. The van der Waals surface area contributed by atoms with Crippen LogP contribution >= 0.6 is 27.3 Å². The number of amides is 1. The van der Waals surface area contributed by atoms with E-state index in [1.54, 1.807) is 20.1 Å². The Morgan fingerprint density at radius 3 is 2.58 bits per heavy atom. The summed E-state index contributed by atoms with van der Waals surface area (Å²) < 4.78 is 11.5. The number of nitrogens with one attached hydrogen (secondary N) is 1. The fraction of sp³-hybridized carbons (Fsp3) is 0.167. The summed E-state index contributed by atoms with van der Waals surface area (Å²) in [6, 6.07) is 15.1. The lowest BCUT2D eigenvalue weighted by atomic mass is 10.0. The molecule has 3 aromatic rings. The van der Waals surface area contributed by atoms with Crippen LogP contribution in [0.2, 0.25) is 0 Å². The number of carbonyl (C=O) groups is 2. The molecule has 0 unspecified atom stereocenters. The monoisotopic (exact) mass is 499 g/mol. The van der Waals surface area contributed by atoms with Gasteiger partial charge in [-0.15, -0.1) is 11.3 Å². The van der Waals surface area contributed by atoms with Gasteiger partial charge in [0.05, 0.1) is 13.7 Å². The molecule has 5 nitrogen and oxygen atoms in total. The Labute approximate surface area is 193 Å². The molecule has 7 heteroatoms. The van der Waals surface area contributed by atoms with E-state index in [2.05, 4.69) is 21.2 Å². The van der Waals surface area contributed by atoms with Crippen molar-refractivity contribution in [3.63, 3.8) is 0 Å². The predicted molar refractivity (Wildman–Crippen MR) is 129 cm³/mol. The summed E-state index contributed by atoms with van der Waals surface area (Å²) in [4.78, 5) is 26.3. The van der Waals surface area contributed by atoms with Crippen LogP contribution in [0.4, 0.5) is 5.00 Å². The van der Waals surface area contributed by atoms with Crippen LogP contribution in [0.5, 0.6) is 5.75 Å². The average molecular weight is 500 g/mol. The van der Waals surface area contributed by atoms with Crippen molar-refractivity contribution in [3.05, 3.63) is 75.1 Å². The van der Waals surface area contributed by atoms with E-state index in [-0.39, 0.29) is 12.5 Å². The van der Waals surface area contributed by atoms with Gasteiger partial charge in [0.15, 0.2) is 0 Å². The Balaban J connectivity index is 1.93. The Hall–Kier alpha value is -2.90. The minimum atomic E-state index is -0.460. The van der Waals surface area contributed by atoms with E-state index in [9.17, 15) is 9.59 Å². The van der Waals surface area contributed by atoms with Crippen molar-refractivity contribution in [2.24, 2.45) is 0 Å². The third-order valence-electron chi connectivity index (χ3n) is 4.47. The number of hydrogen-bond acceptors (Lipinski definition) is 5. The Bertz CT molecular complexity index is 1120. The molecule has 3 rings (SSSR count). The van der Waals surface area contributed by atoms with Crippen LogP contribution in [0.3, 0.4) is 0 Å². The molecule has 0 aliphatic carbocycles. The molecule has 0 aliphatic heterocycles. The van der Waals surface area contributed by atoms with Crippen LogP contribution in [0.1, 0.15) is 27.7 Å². The van der Waals surface area contributed by atoms with Crippen molar-refractivity contribution in [3.8, 4) is 16.9 Å². The third kappa shape index (κ3) is 5.42. The second-order valence-corrected chi connectivity index (χ2v) is 8.67. The van der Waals surface area contributed by atoms with Gasteiger partial charge in [-0.2, -0.15) is 0 Å². The lowest BCUT2D eigenvalue weighted by molar-refractivity contribution is -0.111. The number of carbonyl (C=O) groups excluding carboxylic acids is 2. The van der Waals surface area contributed by atoms with Gasteiger partial charge in [0.25, 0.3) is 0 Å². The van der Waals surface area contributed by atoms with Gasteiger partial charge in [0, 0.05) is 26.6 Å². The first-order valence-corrected chi connectivity index (χ1v) is 11.2. The second-order valence-electron chi connectivity index (χ2n) is 6.53. The van der Waals surface area contributed by atoms with E-state index in [0.717, 1.165) is 26.0 Å². The first-order chi connectivity index (χ1) is 14.9. The van der Waals surface area contributed by atoms with Gasteiger partial charge in [0.2, 0.25) is 5.91 Å². The summed E-state index contributed by atoms with van der Waals surface area (Å²) in [7, 11) is 1.58. The topological polar surface area (TPSA) is 64.6 Å². The fourth-order valence-corrected chi connectivity index (χ4v) is 4.58. The molecule has 0 saturated carbocycles. The summed E-state index contributed by atoms with van der Waals surface area (Å²) >= 11 is 4.77. The zero-order valence-electron chi connectivity index (χ0n) is 17.4. The molecule has 0 atom stereocenters. The maximum absolute atomic E-state index is 12.7. The number of hydrogen-bond donors (Lipinski definition) is 1. The minimum Gasteiger partial charge on any atom is -0.496 e. The van der Waals surface area contributed by atoms with E-state index < -0.39 is 5.97 Å². The average Bonchev–Trinajstić information content (AvgIpc) is 3.08. The number of halogens is 1. The van der Waals surface area contributed by atoms with E-state index in [4.69, 9.17) is 9.47 Å². The minimum absolute atomic E-state index is 0.248. The van der Waals surface area contributed by atoms with Crippen molar-refractivity contribution < 1.29 is 19.1 Å². The van der Waals surface area contributed by atoms with Gasteiger partial charge in [-0.05, 0) is 43.7 Å². The lowest BCUT2D eigenvalue weighted by Gasteiger charge is -2.08. The molecular weight excluding hydrogens is 478 g/mol. The molecule has 0 spiro atoms. The normalized spacial score (nSPS) is 10.8. The molecule has 2 aromatic carbocycles. The van der Waals surface area contributed by atoms with Crippen molar-refractivity contribution in [2.45, 2.75) is 13.8 Å². The molecule has 1 aromatic heterocycles. The number of rotatable bonds is 7. The molecule has 0 bridgehead atoms. The van der Waals surface area contributed by atoms with Crippen LogP contribution in [0.15, 0.2) is 59.1 Å². The highest BCUT2D eigenvalue weighted by molar-refractivity contribution is 9.10. The Morgan fingerprint density at radius 1 is 1.16 bits per heavy atom. The molecule has 31 heavy (non-hydrogen) atoms. The molecule has 0 fully saturated rings. The van der Waals surface area contributed by atoms with E-state index in [0.29, 0.717) is 16.3 Å². The number of benzene rings is 2. The SMILES string of the molecule is CCOC(=O)c1c(NC(=O)/C=C/c2cc(Br)ccc2OC)sc(C)c1-c1ccccc1. The van der Waals surface area contributed by atoms with E-state index >= 15 is 0 Å². The number of aryl methyl sites for hydroxylation is 1. The van der Waals surface area contributed by atoms with Crippen molar-refractivity contribution in [2.75, 3.05) is 19.0 Å². The summed E-state index contributed by atoms with van der Waals surface area (Å²) in [6.45, 7) is 3.93. The largest absolute Gasteiger partial charge is 0.496 e. The number of ether oxygens (including phenoxy) is 2. The van der Waals surface area contributed by atoms with Crippen molar-refractivity contribution in [1.29, 1.82) is 0 Å². The summed E-state index contributed by atoms with van der Waals surface area (Å²) in [5, 5.41) is 3.31. The highest BCUT2D eigenvalue weighted by Gasteiger charge is 2.25. The molecule has 1 amide bonds. The zero-order chi connectivity index (χ0) is 22.4. The van der Waals surface area contributed by atoms with Gasteiger partial charge in [-0.1, -0.05) is 46.3 Å². The molecule has 1 N–H and O–H groups in total. The predicted octanol–water partition coefficient (Wildman–Crippen LogP) is 6.32. The molecule has 0 aliphatic rings. The van der Waals surface area contributed by atoms with Crippen molar-refractivity contribution >= 4 is 50.2 Å². The smallest absolute Gasteiger partial charge is 0.341 e. The van der Waals surface area contributed by atoms with Gasteiger partial charge in [0.1, 0.15) is 16.3 Å². The molecule has 0 radical (unpaired) electrons. The van der Waals surface area contributed by atoms with Gasteiger partial charge in [-0.25, -0.2) is 4.79 Å².